The second-order valence-corrected chi connectivity index (χ2v) is 6.73. The van der Waals surface area contributed by atoms with Crippen LogP contribution in [-0.4, -0.2) is 25.6 Å². The van der Waals surface area contributed by atoms with E-state index in [1.54, 1.807) is 19.2 Å². The Hall–Kier alpha value is -2.53. The van der Waals surface area contributed by atoms with Crippen molar-refractivity contribution in [2.24, 2.45) is 0 Å². The summed E-state index contributed by atoms with van der Waals surface area (Å²) in [6.07, 6.45) is 1.45. The number of rotatable bonds is 7. The van der Waals surface area contributed by atoms with Crippen molar-refractivity contribution in [1.29, 1.82) is 0 Å². The van der Waals surface area contributed by atoms with Gasteiger partial charge in [0.15, 0.2) is 6.61 Å². The van der Waals surface area contributed by atoms with E-state index in [9.17, 15) is 9.59 Å². The fourth-order valence-electron chi connectivity index (χ4n) is 2.77. The number of carbonyl (C=O) groups is 2. The average Bonchev–Trinajstić information content (AvgIpc) is 3.47. The van der Waals surface area contributed by atoms with Crippen LogP contribution in [0.2, 0.25) is 5.02 Å². The molecule has 1 fully saturated rings. The third-order valence-electron chi connectivity index (χ3n) is 4.52. The topological polar surface area (TPSA) is 64.6 Å². The Bertz CT molecular complexity index is 782. The van der Waals surface area contributed by atoms with Gasteiger partial charge in [0.2, 0.25) is 0 Å². The van der Waals surface area contributed by atoms with Crippen molar-refractivity contribution in [3.63, 3.8) is 0 Å². The molecule has 0 aliphatic heterocycles. The van der Waals surface area contributed by atoms with E-state index in [1.807, 2.05) is 36.4 Å². The van der Waals surface area contributed by atoms with Crippen LogP contribution in [0.4, 0.5) is 0 Å². The number of nitrogens with one attached hydrogen (secondary N) is 1. The van der Waals surface area contributed by atoms with Gasteiger partial charge in [-0.3, -0.25) is 9.59 Å². The second kappa shape index (κ2) is 7.79. The molecule has 1 saturated carbocycles. The quantitative estimate of drug-likeness (QED) is 0.757. The van der Waals surface area contributed by atoms with Crippen molar-refractivity contribution in [2.75, 3.05) is 13.7 Å². The van der Waals surface area contributed by atoms with Crippen LogP contribution >= 0.6 is 11.6 Å². The van der Waals surface area contributed by atoms with Crippen molar-refractivity contribution in [3.8, 4) is 5.75 Å². The van der Waals surface area contributed by atoms with Gasteiger partial charge in [0.25, 0.3) is 5.91 Å². The van der Waals surface area contributed by atoms with Crippen molar-refractivity contribution in [1.82, 2.24) is 5.32 Å². The number of esters is 1. The molecule has 2 aromatic carbocycles. The molecule has 136 valence electrons. The molecule has 0 saturated heterocycles. The van der Waals surface area contributed by atoms with Crippen molar-refractivity contribution in [3.05, 3.63) is 64.7 Å². The lowest BCUT2D eigenvalue weighted by Crippen LogP contribution is -2.31. The molecule has 1 N–H and O–H groups in total. The van der Waals surface area contributed by atoms with Crippen LogP contribution in [0.1, 0.15) is 24.0 Å². The Kier molecular flexibility index (Phi) is 5.47. The molecule has 0 aromatic heterocycles. The molecule has 5 nitrogen and oxygen atoms in total. The fourth-order valence-corrected chi connectivity index (χ4v) is 2.89. The summed E-state index contributed by atoms with van der Waals surface area (Å²) >= 11 is 5.89. The van der Waals surface area contributed by atoms with Crippen molar-refractivity contribution in [2.45, 2.75) is 24.8 Å². The Morgan fingerprint density at radius 1 is 1.08 bits per heavy atom. The molecule has 3 rings (SSSR count). The molecule has 0 radical (unpaired) electrons. The normalized spacial score (nSPS) is 14.4. The standard InChI is InChI=1S/C20H20ClNO4/c1-25-17-8-2-14(3-9-17)12-22-18(23)13-26-19(24)20(10-11-20)15-4-6-16(21)7-5-15/h2-9H,10-13H2,1H3,(H,22,23). The molecule has 1 amide bonds. The maximum atomic E-state index is 12.4. The number of hydrogen-bond acceptors (Lipinski definition) is 4. The lowest BCUT2D eigenvalue weighted by atomic mass is 9.96. The van der Waals surface area contributed by atoms with Crippen LogP contribution in [0.15, 0.2) is 48.5 Å². The third kappa shape index (κ3) is 4.17. The Morgan fingerprint density at radius 3 is 2.31 bits per heavy atom. The van der Waals surface area contributed by atoms with Gasteiger partial charge in [0, 0.05) is 11.6 Å². The SMILES string of the molecule is COc1ccc(CNC(=O)COC(=O)C2(c3ccc(Cl)cc3)CC2)cc1. The Balaban J connectivity index is 1.48. The minimum atomic E-state index is -0.624. The molecule has 0 heterocycles. The molecule has 0 unspecified atom stereocenters. The highest BCUT2D eigenvalue weighted by Crippen LogP contribution is 2.49. The highest BCUT2D eigenvalue weighted by Gasteiger charge is 2.52. The molecule has 0 bridgehead atoms. The molecule has 1 aliphatic rings. The zero-order valence-electron chi connectivity index (χ0n) is 14.5. The van der Waals surface area contributed by atoms with Gasteiger partial charge in [-0.1, -0.05) is 35.9 Å². The first-order chi connectivity index (χ1) is 12.5. The average molecular weight is 374 g/mol. The number of methoxy groups -OCH3 is 1. The van der Waals surface area contributed by atoms with Gasteiger partial charge in [-0.15, -0.1) is 0 Å². The predicted octanol–water partition coefficient (Wildman–Crippen LogP) is 3.24. The van der Waals surface area contributed by atoms with Gasteiger partial charge in [-0.2, -0.15) is 0 Å². The van der Waals surface area contributed by atoms with Gasteiger partial charge >= 0.3 is 5.97 Å². The van der Waals surface area contributed by atoms with Crippen molar-refractivity contribution >= 4 is 23.5 Å². The van der Waals surface area contributed by atoms with E-state index in [2.05, 4.69) is 5.32 Å². The molecule has 0 atom stereocenters. The lowest BCUT2D eigenvalue weighted by Gasteiger charge is -2.15. The molecular weight excluding hydrogens is 354 g/mol. The molecule has 26 heavy (non-hydrogen) atoms. The maximum Gasteiger partial charge on any atom is 0.317 e. The first-order valence-electron chi connectivity index (χ1n) is 8.36. The Labute approximate surface area is 157 Å². The zero-order chi connectivity index (χ0) is 18.6. The summed E-state index contributed by atoms with van der Waals surface area (Å²) < 4.78 is 10.3. The predicted molar refractivity (Wildman–Crippen MR) is 98.2 cm³/mol. The van der Waals surface area contributed by atoms with E-state index in [-0.39, 0.29) is 18.5 Å². The van der Waals surface area contributed by atoms with E-state index >= 15 is 0 Å². The van der Waals surface area contributed by atoms with Crippen LogP contribution in [0.3, 0.4) is 0 Å². The van der Waals surface area contributed by atoms with Gasteiger partial charge in [-0.25, -0.2) is 0 Å². The second-order valence-electron chi connectivity index (χ2n) is 6.29. The maximum absolute atomic E-state index is 12.4. The molecule has 6 heteroatoms. The van der Waals surface area contributed by atoms with Crippen LogP contribution in [-0.2, 0) is 26.3 Å². The van der Waals surface area contributed by atoms with E-state index in [0.29, 0.717) is 11.6 Å². The van der Waals surface area contributed by atoms with Crippen LogP contribution in [0.5, 0.6) is 5.75 Å². The molecule has 1 aliphatic carbocycles. The summed E-state index contributed by atoms with van der Waals surface area (Å²) in [5.74, 6) is 0.0615. The number of amides is 1. The first-order valence-corrected chi connectivity index (χ1v) is 8.74. The summed E-state index contributed by atoms with van der Waals surface area (Å²) in [6.45, 7) is 0.0764. The minimum Gasteiger partial charge on any atom is -0.497 e. The lowest BCUT2D eigenvalue weighted by molar-refractivity contribution is -0.151. The van der Waals surface area contributed by atoms with E-state index in [4.69, 9.17) is 21.1 Å². The van der Waals surface area contributed by atoms with Gasteiger partial charge < -0.3 is 14.8 Å². The summed E-state index contributed by atoms with van der Waals surface area (Å²) in [7, 11) is 1.60. The number of carbonyl (C=O) groups excluding carboxylic acids is 2. The van der Waals surface area contributed by atoms with Gasteiger partial charge in [0.1, 0.15) is 5.75 Å². The van der Waals surface area contributed by atoms with Gasteiger partial charge in [0.05, 0.1) is 12.5 Å². The monoisotopic (exact) mass is 373 g/mol. The highest BCUT2D eigenvalue weighted by atomic mass is 35.5. The molecular formula is C20H20ClNO4. The Morgan fingerprint density at radius 2 is 1.73 bits per heavy atom. The molecule has 2 aromatic rings. The number of benzene rings is 2. The van der Waals surface area contributed by atoms with Crippen LogP contribution in [0, 0.1) is 0 Å². The van der Waals surface area contributed by atoms with E-state index in [0.717, 1.165) is 29.7 Å². The van der Waals surface area contributed by atoms with E-state index < -0.39 is 5.41 Å². The number of hydrogen-bond donors (Lipinski definition) is 1. The minimum absolute atomic E-state index is 0.287. The third-order valence-corrected chi connectivity index (χ3v) is 4.77. The first kappa shape index (κ1) is 18.3. The smallest absolute Gasteiger partial charge is 0.317 e. The fraction of sp³-hybridized carbons (Fsp3) is 0.300. The van der Waals surface area contributed by atoms with Gasteiger partial charge in [-0.05, 0) is 48.2 Å². The summed E-state index contributed by atoms with van der Waals surface area (Å²) in [5, 5.41) is 3.36. The zero-order valence-corrected chi connectivity index (χ0v) is 15.2. The molecule has 0 spiro atoms. The highest BCUT2D eigenvalue weighted by molar-refractivity contribution is 6.30. The summed E-state index contributed by atoms with van der Waals surface area (Å²) in [6, 6.07) is 14.6. The van der Waals surface area contributed by atoms with Crippen LogP contribution < -0.4 is 10.1 Å². The summed E-state index contributed by atoms with van der Waals surface area (Å²) in [4.78, 5) is 24.4. The number of halogens is 1. The van der Waals surface area contributed by atoms with Crippen molar-refractivity contribution < 1.29 is 19.1 Å². The van der Waals surface area contributed by atoms with E-state index in [1.165, 1.54) is 0 Å². The van der Waals surface area contributed by atoms with Crippen LogP contribution in [0.25, 0.3) is 0 Å². The largest absolute Gasteiger partial charge is 0.497 e. The number of ether oxygens (including phenoxy) is 2. The summed E-state index contributed by atoms with van der Waals surface area (Å²) in [5.41, 5.74) is 1.19.